The van der Waals surface area contributed by atoms with Crippen LogP contribution in [0.4, 0.5) is 11.6 Å². The molecule has 1 amide bonds. The molecule has 3 heterocycles. The van der Waals surface area contributed by atoms with Crippen LogP contribution in [-0.2, 0) is 4.79 Å². The summed E-state index contributed by atoms with van der Waals surface area (Å²) in [6.07, 6.45) is 2.23. The van der Waals surface area contributed by atoms with Gasteiger partial charge in [0.15, 0.2) is 11.7 Å². The number of anilines is 2. The van der Waals surface area contributed by atoms with Crippen molar-refractivity contribution in [2.24, 2.45) is 0 Å². The number of nitrogens with zero attached hydrogens (tertiary/aromatic N) is 4. The number of carbonyl (C=O) groups is 1. The smallest absolute Gasteiger partial charge is 0.262 e. The first kappa shape index (κ1) is 21.5. The Bertz CT molecular complexity index is 1070. The lowest BCUT2D eigenvalue weighted by atomic mass is 10.0. The Morgan fingerprint density at radius 1 is 1.23 bits per heavy atom. The van der Waals surface area contributed by atoms with Crippen LogP contribution in [0.1, 0.15) is 24.1 Å². The summed E-state index contributed by atoms with van der Waals surface area (Å²) < 4.78 is 5.55. The van der Waals surface area contributed by atoms with Crippen LogP contribution in [-0.4, -0.2) is 60.6 Å². The predicted octanol–water partition coefficient (Wildman–Crippen LogP) is 3.86. The van der Waals surface area contributed by atoms with E-state index in [-0.39, 0.29) is 12.5 Å². The van der Waals surface area contributed by atoms with Crippen molar-refractivity contribution in [1.29, 1.82) is 0 Å². The standard InChI is InChI=1S/C23H29N5O2S/c1-15-11-22(31-14-15)30-13-21(29)25-17-5-6-20-19(12-17)16(2)24-23(26-20)28-9-7-18(8-10-28)27(3)4/h5-6,11-12,14,18H,7-10,13H2,1-4H3,(H,25,29). The van der Waals surface area contributed by atoms with Gasteiger partial charge in [-0.15, -0.1) is 11.3 Å². The molecule has 1 N–H and O–H groups in total. The Labute approximate surface area is 187 Å². The summed E-state index contributed by atoms with van der Waals surface area (Å²) in [5.74, 6) is 0.600. The summed E-state index contributed by atoms with van der Waals surface area (Å²) in [5.41, 5.74) is 3.65. The molecule has 0 unspecified atom stereocenters. The van der Waals surface area contributed by atoms with Crippen molar-refractivity contribution < 1.29 is 9.53 Å². The SMILES string of the molecule is Cc1csc(OCC(=O)Nc2ccc3nc(N4CCC(N(C)C)CC4)nc(C)c3c2)c1. The van der Waals surface area contributed by atoms with Gasteiger partial charge in [0.05, 0.1) is 11.2 Å². The summed E-state index contributed by atoms with van der Waals surface area (Å²) in [7, 11) is 4.28. The molecule has 1 aliphatic heterocycles. The van der Waals surface area contributed by atoms with Crippen LogP contribution in [0.2, 0.25) is 0 Å². The van der Waals surface area contributed by atoms with Crippen molar-refractivity contribution in [3.8, 4) is 5.06 Å². The number of fused-ring (bicyclic) bond motifs is 1. The third kappa shape index (κ3) is 5.14. The molecule has 31 heavy (non-hydrogen) atoms. The number of benzene rings is 1. The van der Waals surface area contributed by atoms with E-state index in [9.17, 15) is 4.79 Å². The Balaban J connectivity index is 1.42. The van der Waals surface area contributed by atoms with Gasteiger partial charge < -0.3 is 19.9 Å². The lowest BCUT2D eigenvalue weighted by Crippen LogP contribution is -2.42. The molecule has 0 spiro atoms. The van der Waals surface area contributed by atoms with E-state index in [1.807, 2.05) is 43.5 Å². The fourth-order valence-electron chi connectivity index (χ4n) is 3.88. The van der Waals surface area contributed by atoms with E-state index in [2.05, 4.69) is 29.2 Å². The molecule has 0 atom stereocenters. The van der Waals surface area contributed by atoms with Crippen LogP contribution in [0.3, 0.4) is 0 Å². The van der Waals surface area contributed by atoms with Crippen LogP contribution in [0.5, 0.6) is 5.06 Å². The molecule has 0 saturated carbocycles. The van der Waals surface area contributed by atoms with Crippen molar-refractivity contribution in [2.45, 2.75) is 32.7 Å². The summed E-state index contributed by atoms with van der Waals surface area (Å²) in [5, 5.41) is 6.59. The van der Waals surface area contributed by atoms with Gasteiger partial charge in [-0.3, -0.25) is 4.79 Å². The highest BCUT2D eigenvalue weighted by Crippen LogP contribution is 2.25. The number of aromatic nitrogens is 2. The Morgan fingerprint density at radius 2 is 2.00 bits per heavy atom. The lowest BCUT2D eigenvalue weighted by Gasteiger charge is -2.35. The monoisotopic (exact) mass is 439 g/mol. The van der Waals surface area contributed by atoms with Gasteiger partial charge in [0.25, 0.3) is 5.91 Å². The third-order valence-corrected chi connectivity index (χ3v) is 6.65. The first-order valence-corrected chi connectivity index (χ1v) is 11.4. The summed E-state index contributed by atoms with van der Waals surface area (Å²) in [6.45, 7) is 5.90. The van der Waals surface area contributed by atoms with Crippen LogP contribution in [0, 0.1) is 13.8 Å². The molecule has 1 saturated heterocycles. The number of ether oxygens (including phenoxy) is 1. The molecule has 164 valence electrons. The molecule has 3 aromatic rings. The van der Waals surface area contributed by atoms with Crippen molar-refractivity contribution in [1.82, 2.24) is 14.9 Å². The number of aryl methyl sites for hydroxylation is 2. The molecule has 0 radical (unpaired) electrons. The van der Waals surface area contributed by atoms with Gasteiger partial charge >= 0.3 is 0 Å². The first-order valence-electron chi connectivity index (χ1n) is 10.6. The van der Waals surface area contributed by atoms with E-state index in [1.165, 1.54) is 11.3 Å². The van der Waals surface area contributed by atoms with Crippen molar-refractivity contribution >= 4 is 39.8 Å². The second-order valence-electron chi connectivity index (χ2n) is 8.30. The highest BCUT2D eigenvalue weighted by molar-refractivity contribution is 7.12. The molecule has 8 heteroatoms. The second kappa shape index (κ2) is 9.20. The zero-order valence-corrected chi connectivity index (χ0v) is 19.3. The average molecular weight is 440 g/mol. The minimum Gasteiger partial charge on any atom is -0.474 e. The van der Waals surface area contributed by atoms with Crippen molar-refractivity contribution in [3.63, 3.8) is 0 Å². The van der Waals surface area contributed by atoms with Gasteiger partial charge in [0.1, 0.15) is 0 Å². The van der Waals surface area contributed by atoms with Gasteiger partial charge in [0, 0.05) is 30.2 Å². The number of carbonyl (C=O) groups excluding carboxylic acids is 1. The van der Waals surface area contributed by atoms with Crippen LogP contribution in [0.25, 0.3) is 10.9 Å². The Hall–Kier alpha value is -2.71. The molecular weight excluding hydrogens is 410 g/mol. The maximum absolute atomic E-state index is 12.3. The molecule has 2 aromatic heterocycles. The van der Waals surface area contributed by atoms with E-state index in [4.69, 9.17) is 14.7 Å². The third-order valence-electron chi connectivity index (χ3n) is 5.69. The van der Waals surface area contributed by atoms with Crippen LogP contribution < -0.4 is 15.0 Å². The predicted molar refractivity (Wildman–Crippen MR) is 126 cm³/mol. The highest BCUT2D eigenvalue weighted by Gasteiger charge is 2.22. The quantitative estimate of drug-likeness (QED) is 0.629. The Morgan fingerprint density at radius 3 is 2.68 bits per heavy atom. The number of piperidine rings is 1. The minimum absolute atomic E-state index is 0.0185. The fourth-order valence-corrected chi connectivity index (χ4v) is 4.63. The zero-order chi connectivity index (χ0) is 22.0. The normalized spacial score (nSPS) is 14.9. The van der Waals surface area contributed by atoms with Gasteiger partial charge in [-0.2, -0.15) is 0 Å². The lowest BCUT2D eigenvalue weighted by molar-refractivity contribution is -0.118. The summed E-state index contributed by atoms with van der Waals surface area (Å²) in [4.78, 5) is 26.4. The summed E-state index contributed by atoms with van der Waals surface area (Å²) >= 11 is 1.49. The highest BCUT2D eigenvalue weighted by atomic mass is 32.1. The largest absolute Gasteiger partial charge is 0.474 e. The number of rotatable bonds is 6. The molecule has 1 aliphatic rings. The molecule has 7 nitrogen and oxygen atoms in total. The van der Waals surface area contributed by atoms with Crippen molar-refractivity contribution in [2.75, 3.05) is 44.0 Å². The first-order chi connectivity index (χ1) is 14.9. The van der Waals surface area contributed by atoms with Crippen LogP contribution >= 0.6 is 11.3 Å². The topological polar surface area (TPSA) is 70.6 Å². The molecular formula is C23H29N5O2S. The molecule has 4 rings (SSSR count). The van der Waals surface area contributed by atoms with Gasteiger partial charge in [-0.1, -0.05) is 0 Å². The fraction of sp³-hybridized carbons (Fsp3) is 0.435. The molecule has 0 bridgehead atoms. The number of amides is 1. The van der Waals surface area contributed by atoms with Crippen LogP contribution in [0.15, 0.2) is 29.6 Å². The Kier molecular flexibility index (Phi) is 6.38. The van der Waals surface area contributed by atoms with Crippen molar-refractivity contribution in [3.05, 3.63) is 40.9 Å². The number of hydrogen-bond acceptors (Lipinski definition) is 7. The second-order valence-corrected chi connectivity index (χ2v) is 9.18. The maximum atomic E-state index is 12.3. The van der Waals surface area contributed by atoms with E-state index in [1.54, 1.807) is 0 Å². The average Bonchev–Trinajstić information content (AvgIpc) is 3.18. The number of hydrogen-bond donors (Lipinski definition) is 1. The maximum Gasteiger partial charge on any atom is 0.262 e. The van der Waals surface area contributed by atoms with Gasteiger partial charge in [-0.05, 0) is 76.0 Å². The van der Waals surface area contributed by atoms with E-state index < -0.39 is 0 Å². The molecule has 0 aliphatic carbocycles. The van der Waals surface area contributed by atoms with E-state index in [0.717, 1.165) is 64.8 Å². The van der Waals surface area contributed by atoms with E-state index in [0.29, 0.717) is 6.04 Å². The van der Waals surface area contributed by atoms with Gasteiger partial charge in [0.2, 0.25) is 5.95 Å². The number of nitrogens with one attached hydrogen (secondary N) is 1. The zero-order valence-electron chi connectivity index (χ0n) is 18.5. The molecule has 1 aromatic carbocycles. The molecule has 1 fully saturated rings. The summed E-state index contributed by atoms with van der Waals surface area (Å²) in [6, 6.07) is 8.30. The number of thiophene rings is 1. The minimum atomic E-state index is -0.190. The van der Waals surface area contributed by atoms with Gasteiger partial charge in [-0.25, -0.2) is 9.97 Å². The van der Waals surface area contributed by atoms with E-state index >= 15 is 0 Å².